The second kappa shape index (κ2) is 8.77. The molecule has 0 radical (unpaired) electrons. The number of aryl methyl sites for hydroxylation is 1. The first kappa shape index (κ1) is 19.0. The minimum Gasteiger partial charge on any atom is -0.361 e. The molecule has 7 nitrogen and oxygen atoms in total. The molecule has 0 aliphatic carbocycles. The molecule has 30 heavy (non-hydrogen) atoms. The van der Waals surface area contributed by atoms with Gasteiger partial charge in [-0.05, 0) is 54.7 Å². The number of hydrogen-bond acceptors (Lipinski definition) is 5. The van der Waals surface area contributed by atoms with Crippen molar-refractivity contribution in [2.75, 3.05) is 19.6 Å². The average molecular weight is 402 g/mol. The molecule has 1 aliphatic heterocycles. The number of H-pyrrole nitrogens is 1. The lowest BCUT2D eigenvalue weighted by molar-refractivity contribution is 0.143. The third-order valence-electron chi connectivity index (χ3n) is 6.03. The van der Waals surface area contributed by atoms with Crippen molar-refractivity contribution in [3.63, 3.8) is 0 Å². The fourth-order valence-corrected chi connectivity index (χ4v) is 4.42. The summed E-state index contributed by atoms with van der Waals surface area (Å²) in [5, 5.41) is 12.7. The van der Waals surface area contributed by atoms with Gasteiger partial charge in [-0.15, -0.1) is 10.2 Å². The van der Waals surface area contributed by atoms with Crippen molar-refractivity contribution in [1.29, 1.82) is 0 Å². The number of rotatable bonds is 7. The van der Waals surface area contributed by atoms with E-state index in [0.29, 0.717) is 6.04 Å². The van der Waals surface area contributed by atoms with Crippen LogP contribution in [0.15, 0.2) is 61.6 Å². The Bertz CT molecular complexity index is 1070. The minimum atomic E-state index is 0.566. The number of nitrogens with zero attached hydrogens (tertiary/aromatic N) is 5. The quantitative estimate of drug-likeness (QED) is 0.498. The Morgan fingerprint density at radius 2 is 2.07 bits per heavy atom. The molecule has 0 amide bonds. The fraction of sp³-hybridized carbons (Fsp3) is 0.348. The monoisotopic (exact) mass is 401 g/mol. The van der Waals surface area contributed by atoms with E-state index in [1.54, 1.807) is 12.7 Å². The molecule has 154 valence electrons. The predicted molar refractivity (Wildman–Crippen MR) is 117 cm³/mol. The molecule has 0 spiro atoms. The summed E-state index contributed by atoms with van der Waals surface area (Å²) in [4.78, 5) is 10.3. The second-order valence-electron chi connectivity index (χ2n) is 7.99. The van der Waals surface area contributed by atoms with E-state index >= 15 is 0 Å². The van der Waals surface area contributed by atoms with E-state index < -0.39 is 0 Å². The van der Waals surface area contributed by atoms with Crippen molar-refractivity contribution in [3.8, 4) is 5.69 Å². The van der Waals surface area contributed by atoms with Gasteiger partial charge in [0, 0.05) is 67.4 Å². The van der Waals surface area contributed by atoms with Gasteiger partial charge in [-0.1, -0.05) is 6.07 Å². The zero-order chi connectivity index (χ0) is 20.2. The van der Waals surface area contributed by atoms with E-state index in [1.165, 1.54) is 34.9 Å². The van der Waals surface area contributed by atoms with Crippen LogP contribution in [0.4, 0.5) is 0 Å². The van der Waals surface area contributed by atoms with Crippen LogP contribution in [0.5, 0.6) is 0 Å². The summed E-state index contributed by atoms with van der Waals surface area (Å²) in [6.45, 7) is 4.20. The van der Waals surface area contributed by atoms with E-state index in [1.807, 2.05) is 23.0 Å². The highest BCUT2D eigenvalue weighted by molar-refractivity contribution is 5.85. The Kier molecular flexibility index (Phi) is 5.54. The number of pyridine rings is 1. The molecule has 4 aromatic rings. The number of nitrogens with one attached hydrogen (secondary N) is 2. The summed E-state index contributed by atoms with van der Waals surface area (Å²) in [6, 6.07) is 11.2. The van der Waals surface area contributed by atoms with E-state index in [2.05, 4.69) is 60.8 Å². The molecule has 0 saturated carbocycles. The highest BCUT2D eigenvalue weighted by Gasteiger charge is 2.22. The lowest BCUT2D eigenvalue weighted by atomic mass is 10.0. The molecule has 1 aliphatic rings. The molecular weight excluding hydrogens is 374 g/mol. The second-order valence-corrected chi connectivity index (χ2v) is 7.99. The van der Waals surface area contributed by atoms with Gasteiger partial charge in [0.05, 0.1) is 0 Å². The van der Waals surface area contributed by atoms with Crippen LogP contribution in [-0.2, 0) is 13.0 Å². The van der Waals surface area contributed by atoms with Gasteiger partial charge >= 0.3 is 0 Å². The van der Waals surface area contributed by atoms with Crippen molar-refractivity contribution in [2.24, 2.45) is 0 Å². The summed E-state index contributed by atoms with van der Waals surface area (Å²) in [5.41, 5.74) is 4.94. The van der Waals surface area contributed by atoms with Gasteiger partial charge in [-0.25, -0.2) is 0 Å². The van der Waals surface area contributed by atoms with Gasteiger partial charge in [-0.2, -0.15) is 0 Å². The lowest BCUT2D eigenvalue weighted by Gasteiger charge is -2.36. The maximum atomic E-state index is 4.27. The van der Waals surface area contributed by atoms with Crippen LogP contribution in [0, 0.1) is 0 Å². The van der Waals surface area contributed by atoms with Crippen molar-refractivity contribution in [2.45, 2.75) is 31.8 Å². The Morgan fingerprint density at radius 1 is 1.13 bits per heavy atom. The van der Waals surface area contributed by atoms with Crippen molar-refractivity contribution >= 4 is 10.9 Å². The highest BCUT2D eigenvalue weighted by atomic mass is 15.2. The first-order valence-corrected chi connectivity index (χ1v) is 10.7. The van der Waals surface area contributed by atoms with Gasteiger partial charge in [0.1, 0.15) is 12.7 Å². The van der Waals surface area contributed by atoms with Crippen LogP contribution in [-0.4, -0.2) is 55.3 Å². The summed E-state index contributed by atoms with van der Waals surface area (Å²) < 4.78 is 1.94. The van der Waals surface area contributed by atoms with Gasteiger partial charge in [-0.3, -0.25) is 14.5 Å². The first-order chi connectivity index (χ1) is 14.9. The molecule has 0 bridgehead atoms. The molecule has 1 unspecified atom stereocenters. The van der Waals surface area contributed by atoms with E-state index in [0.717, 1.165) is 38.3 Å². The standard InChI is InChI=1S/C23H27N7/c1(5-21-14-25-9-10-29(21)15-18-3-2-8-24-12-18)4-19-13-26-23-7-6-20(11-22(19)23)30-16-27-28-17-30/h2-3,6-8,11-13,16-17,21,25-26H,1,4-5,9-10,14-15H2. The lowest BCUT2D eigenvalue weighted by Crippen LogP contribution is -2.50. The number of fused-ring (bicyclic) bond motifs is 1. The largest absolute Gasteiger partial charge is 0.361 e. The van der Waals surface area contributed by atoms with Crippen LogP contribution in [0.25, 0.3) is 16.6 Å². The highest BCUT2D eigenvalue weighted by Crippen LogP contribution is 2.24. The van der Waals surface area contributed by atoms with Crippen LogP contribution < -0.4 is 5.32 Å². The normalized spacial score (nSPS) is 17.5. The van der Waals surface area contributed by atoms with Gasteiger partial charge in [0.15, 0.2) is 0 Å². The Balaban J connectivity index is 1.24. The predicted octanol–water partition coefficient (Wildman–Crippen LogP) is 2.94. The first-order valence-electron chi connectivity index (χ1n) is 10.7. The van der Waals surface area contributed by atoms with Crippen LogP contribution in [0.3, 0.4) is 0 Å². The topological polar surface area (TPSA) is 74.7 Å². The number of hydrogen-bond donors (Lipinski definition) is 2. The molecule has 5 rings (SSSR count). The number of benzene rings is 1. The molecule has 4 heterocycles. The average Bonchev–Trinajstić information content (AvgIpc) is 3.46. The molecule has 3 aromatic heterocycles. The van der Waals surface area contributed by atoms with Gasteiger partial charge in [0.25, 0.3) is 0 Å². The van der Waals surface area contributed by atoms with Crippen LogP contribution >= 0.6 is 0 Å². The van der Waals surface area contributed by atoms with Gasteiger partial charge < -0.3 is 10.3 Å². The van der Waals surface area contributed by atoms with Crippen LogP contribution in [0.1, 0.15) is 24.0 Å². The van der Waals surface area contributed by atoms with E-state index in [4.69, 9.17) is 0 Å². The van der Waals surface area contributed by atoms with Gasteiger partial charge in [0.2, 0.25) is 0 Å². The molecule has 2 N–H and O–H groups in total. The van der Waals surface area contributed by atoms with Crippen molar-refractivity contribution < 1.29 is 0 Å². The zero-order valence-electron chi connectivity index (χ0n) is 17.0. The third kappa shape index (κ3) is 4.13. The van der Waals surface area contributed by atoms with E-state index in [9.17, 15) is 0 Å². The smallest absolute Gasteiger partial charge is 0.123 e. The summed E-state index contributed by atoms with van der Waals surface area (Å²) in [6.07, 6.45) is 12.9. The molecule has 1 fully saturated rings. The minimum absolute atomic E-state index is 0.566. The van der Waals surface area contributed by atoms with Crippen LogP contribution in [0.2, 0.25) is 0 Å². The van der Waals surface area contributed by atoms with E-state index in [-0.39, 0.29) is 0 Å². The Labute approximate surface area is 176 Å². The SMILES string of the molecule is c1cncc(CN2CCNCC2CCCc2c[nH]c3ccc(-n4cnnc4)cc23)c1. The maximum Gasteiger partial charge on any atom is 0.123 e. The van der Waals surface area contributed by atoms with Crippen molar-refractivity contribution in [3.05, 3.63) is 72.7 Å². The number of piperazine rings is 1. The molecule has 1 aromatic carbocycles. The summed E-state index contributed by atoms with van der Waals surface area (Å²) in [7, 11) is 0. The van der Waals surface area contributed by atoms with Crippen molar-refractivity contribution in [1.82, 2.24) is 34.9 Å². The molecule has 1 saturated heterocycles. The third-order valence-corrected chi connectivity index (χ3v) is 6.03. The number of aromatic nitrogens is 5. The zero-order valence-corrected chi connectivity index (χ0v) is 17.0. The molecule has 7 heteroatoms. The Hall–Kier alpha value is -3.03. The molecule has 1 atom stereocenters. The Morgan fingerprint density at radius 3 is 2.93 bits per heavy atom. The molecular formula is C23H27N7. The summed E-state index contributed by atoms with van der Waals surface area (Å²) >= 11 is 0. The maximum absolute atomic E-state index is 4.27. The summed E-state index contributed by atoms with van der Waals surface area (Å²) in [5.74, 6) is 0. The fourth-order valence-electron chi connectivity index (χ4n) is 4.42. The number of aromatic amines is 1.